The van der Waals surface area contributed by atoms with Crippen molar-refractivity contribution in [1.29, 1.82) is 0 Å². The Balaban J connectivity index is 3.37. The fraction of sp³-hybridized carbons (Fsp3) is 0.143. The minimum Gasteiger partial charge on any atom is -0.224 e. The van der Waals surface area contributed by atoms with E-state index in [0.29, 0.717) is 0 Å². The molecular weight excluding hydrogens is 167 g/mol. The van der Waals surface area contributed by atoms with E-state index in [9.17, 15) is 12.8 Å². The molecule has 59 valence electrons. The number of benzene rings is 1. The fourth-order valence-electron chi connectivity index (χ4n) is 0.697. The molecule has 0 amide bonds. The molecule has 1 rings (SSSR count). The van der Waals surface area contributed by atoms with Crippen LogP contribution >= 0.6 is 0 Å². The molecule has 0 aliphatic carbocycles. The van der Waals surface area contributed by atoms with E-state index in [2.05, 4.69) is 6.07 Å². The Morgan fingerprint density at radius 1 is 1.55 bits per heavy atom. The summed E-state index contributed by atoms with van der Waals surface area (Å²) in [5.74, 6) is -0.755. The van der Waals surface area contributed by atoms with Crippen molar-refractivity contribution in [1.82, 2.24) is 0 Å². The van der Waals surface area contributed by atoms with Crippen molar-refractivity contribution in [3.05, 3.63) is 30.1 Å². The summed E-state index contributed by atoms with van der Waals surface area (Å²) in [5, 5.41) is 0. The lowest BCUT2D eigenvalue weighted by Crippen LogP contribution is -1.99. The first kappa shape index (κ1) is 8.20. The molecule has 1 radical (unpaired) electrons. The molecule has 0 aromatic heterocycles. The zero-order chi connectivity index (χ0) is 8.48. The van der Waals surface area contributed by atoms with E-state index >= 15 is 0 Å². The molecule has 0 saturated carbocycles. The monoisotopic (exact) mass is 173 g/mol. The van der Waals surface area contributed by atoms with Crippen LogP contribution in [0.3, 0.4) is 0 Å². The topological polar surface area (TPSA) is 34.1 Å². The van der Waals surface area contributed by atoms with Crippen LogP contribution in [0.5, 0.6) is 0 Å². The van der Waals surface area contributed by atoms with E-state index in [1.165, 1.54) is 12.1 Å². The Morgan fingerprint density at radius 2 is 2.18 bits per heavy atom. The molecule has 0 fully saturated rings. The molecule has 0 bridgehead atoms. The molecule has 0 atom stereocenters. The lowest BCUT2D eigenvalue weighted by molar-refractivity contribution is 0.570. The average Bonchev–Trinajstić information content (AvgIpc) is 1.86. The minimum atomic E-state index is -3.43. The molecule has 1 aromatic carbocycles. The summed E-state index contributed by atoms with van der Waals surface area (Å²) in [6, 6.07) is 5.98. The third-order valence-corrected chi connectivity index (χ3v) is 2.31. The quantitative estimate of drug-likeness (QED) is 0.635. The van der Waals surface area contributed by atoms with Gasteiger partial charge in [-0.15, -0.1) is 0 Å². The Labute approximate surface area is 64.6 Å². The van der Waals surface area contributed by atoms with Crippen molar-refractivity contribution in [2.75, 3.05) is 6.26 Å². The van der Waals surface area contributed by atoms with E-state index < -0.39 is 15.7 Å². The lowest BCUT2D eigenvalue weighted by Gasteiger charge is -1.96. The third kappa shape index (κ3) is 1.77. The molecule has 4 heteroatoms. The Kier molecular flexibility index (Phi) is 1.95. The summed E-state index contributed by atoms with van der Waals surface area (Å²) >= 11 is 0. The largest absolute Gasteiger partial charge is 0.224 e. The molecule has 0 heterocycles. The molecular formula is C7H6FO2S. The maximum Gasteiger partial charge on any atom is 0.178 e. The standard InChI is InChI=1S/C7H6FO2S/c1-11(9,10)7-5-3-2-4-6(7)8/h3-5H,1H3. The van der Waals surface area contributed by atoms with E-state index in [4.69, 9.17) is 0 Å². The molecule has 0 N–H and O–H groups in total. The summed E-state index contributed by atoms with van der Waals surface area (Å²) in [7, 11) is -3.43. The normalized spacial score (nSPS) is 11.5. The van der Waals surface area contributed by atoms with Gasteiger partial charge in [0.15, 0.2) is 9.84 Å². The van der Waals surface area contributed by atoms with Crippen LogP contribution in [0.4, 0.5) is 4.39 Å². The Hall–Kier alpha value is -0.900. The summed E-state index contributed by atoms with van der Waals surface area (Å²) in [4.78, 5) is -0.281. The van der Waals surface area contributed by atoms with Gasteiger partial charge in [-0.05, 0) is 18.2 Å². The van der Waals surface area contributed by atoms with Crippen molar-refractivity contribution in [3.63, 3.8) is 0 Å². The summed E-state index contributed by atoms with van der Waals surface area (Å²) in [6.07, 6.45) is 0.964. The van der Waals surface area contributed by atoms with Crippen LogP contribution < -0.4 is 0 Å². The van der Waals surface area contributed by atoms with Crippen molar-refractivity contribution < 1.29 is 12.8 Å². The summed E-state index contributed by atoms with van der Waals surface area (Å²) in [5.41, 5.74) is 0. The van der Waals surface area contributed by atoms with Crippen LogP contribution in [0.15, 0.2) is 23.1 Å². The predicted molar refractivity (Wildman–Crippen MR) is 38.3 cm³/mol. The van der Waals surface area contributed by atoms with E-state index in [1.54, 1.807) is 0 Å². The minimum absolute atomic E-state index is 0.281. The fourth-order valence-corrected chi connectivity index (χ4v) is 1.42. The number of hydrogen-bond acceptors (Lipinski definition) is 2. The first-order chi connectivity index (χ1) is 5.02. The van der Waals surface area contributed by atoms with Crippen LogP contribution in [-0.4, -0.2) is 14.7 Å². The Morgan fingerprint density at radius 3 is 2.55 bits per heavy atom. The van der Waals surface area contributed by atoms with Gasteiger partial charge < -0.3 is 0 Å². The van der Waals surface area contributed by atoms with Gasteiger partial charge >= 0.3 is 0 Å². The Bertz CT molecular complexity index is 356. The van der Waals surface area contributed by atoms with Gasteiger partial charge in [0.1, 0.15) is 10.7 Å². The maximum atomic E-state index is 12.7. The highest BCUT2D eigenvalue weighted by atomic mass is 32.2. The average molecular weight is 173 g/mol. The highest BCUT2D eigenvalue weighted by Gasteiger charge is 2.11. The first-order valence-corrected chi connectivity index (χ1v) is 4.76. The smallest absolute Gasteiger partial charge is 0.178 e. The molecule has 0 spiro atoms. The number of halogens is 1. The van der Waals surface area contributed by atoms with Crippen LogP contribution in [0.25, 0.3) is 0 Å². The van der Waals surface area contributed by atoms with Crippen molar-refractivity contribution in [2.45, 2.75) is 4.90 Å². The van der Waals surface area contributed by atoms with Gasteiger partial charge in [0.05, 0.1) is 0 Å². The zero-order valence-electron chi connectivity index (χ0n) is 5.83. The molecule has 1 aromatic rings. The van der Waals surface area contributed by atoms with Crippen molar-refractivity contribution in [2.24, 2.45) is 0 Å². The highest BCUT2D eigenvalue weighted by Crippen LogP contribution is 2.11. The molecule has 0 saturated heterocycles. The van der Waals surface area contributed by atoms with Crippen LogP contribution in [0, 0.1) is 11.9 Å². The maximum absolute atomic E-state index is 12.7. The van der Waals surface area contributed by atoms with Gasteiger partial charge in [-0.3, -0.25) is 0 Å². The van der Waals surface area contributed by atoms with Crippen LogP contribution in [0.1, 0.15) is 0 Å². The highest BCUT2D eigenvalue weighted by molar-refractivity contribution is 7.90. The summed E-state index contributed by atoms with van der Waals surface area (Å²) in [6.45, 7) is 0. The SMILES string of the molecule is CS(=O)(=O)c1cc[c]cc1F. The van der Waals surface area contributed by atoms with Crippen molar-refractivity contribution >= 4 is 9.84 Å². The first-order valence-electron chi connectivity index (χ1n) is 2.87. The molecule has 0 aliphatic rings. The van der Waals surface area contributed by atoms with Gasteiger partial charge in [0, 0.05) is 6.26 Å². The summed E-state index contributed by atoms with van der Waals surface area (Å²) < 4.78 is 34.3. The number of sulfone groups is 1. The second-order valence-corrected chi connectivity index (χ2v) is 4.11. The van der Waals surface area contributed by atoms with Gasteiger partial charge in [-0.25, -0.2) is 12.8 Å². The third-order valence-electron chi connectivity index (χ3n) is 1.18. The number of hydrogen-bond donors (Lipinski definition) is 0. The molecule has 2 nitrogen and oxygen atoms in total. The zero-order valence-corrected chi connectivity index (χ0v) is 6.65. The predicted octanol–water partition coefficient (Wildman–Crippen LogP) is 1.03. The van der Waals surface area contributed by atoms with Crippen LogP contribution in [-0.2, 0) is 9.84 Å². The van der Waals surface area contributed by atoms with Gasteiger partial charge in [-0.2, -0.15) is 0 Å². The number of rotatable bonds is 1. The van der Waals surface area contributed by atoms with Crippen LogP contribution in [0.2, 0.25) is 0 Å². The van der Waals surface area contributed by atoms with E-state index in [0.717, 1.165) is 12.3 Å². The van der Waals surface area contributed by atoms with Gasteiger partial charge in [-0.1, -0.05) is 6.07 Å². The van der Waals surface area contributed by atoms with Crippen molar-refractivity contribution in [3.8, 4) is 0 Å². The van der Waals surface area contributed by atoms with E-state index in [1.807, 2.05) is 0 Å². The van der Waals surface area contributed by atoms with Gasteiger partial charge in [0.25, 0.3) is 0 Å². The van der Waals surface area contributed by atoms with E-state index in [-0.39, 0.29) is 4.90 Å². The second-order valence-electron chi connectivity index (χ2n) is 2.13. The molecule has 11 heavy (non-hydrogen) atoms. The lowest BCUT2D eigenvalue weighted by atomic mass is 10.4. The molecule has 0 aliphatic heterocycles. The second kappa shape index (κ2) is 2.62. The molecule has 0 unspecified atom stereocenters. The van der Waals surface area contributed by atoms with Gasteiger partial charge in [0.2, 0.25) is 0 Å².